The number of carboxylic acids is 1. The Morgan fingerprint density at radius 2 is 2.33 bits per heavy atom. The van der Waals surface area contributed by atoms with E-state index in [9.17, 15) is 9.59 Å². The number of carbonyl (C=O) groups excluding carboxylic acids is 1. The first-order valence-corrected chi connectivity index (χ1v) is 4.74. The van der Waals surface area contributed by atoms with E-state index in [0.717, 1.165) is 31.7 Å². The highest BCUT2D eigenvalue weighted by Gasteiger charge is 2.15. The molecule has 0 saturated carbocycles. The molecule has 1 fully saturated rings. The number of carboxylic acid groups (broad SMARTS) is 1. The zero-order valence-electron chi connectivity index (χ0n) is 8.23. The third-order valence-corrected chi connectivity index (χ3v) is 1.95. The van der Waals surface area contributed by atoms with Crippen LogP contribution in [0.15, 0.2) is 12.3 Å². The van der Waals surface area contributed by atoms with Crippen molar-refractivity contribution in [1.82, 2.24) is 10.6 Å². The minimum atomic E-state index is -1.10. The molecule has 1 aliphatic heterocycles. The Morgan fingerprint density at radius 1 is 1.53 bits per heavy atom. The van der Waals surface area contributed by atoms with Gasteiger partial charge < -0.3 is 20.5 Å². The fraction of sp³-hybridized carbons (Fsp3) is 0.556. The molecule has 0 unspecified atom stereocenters. The van der Waals surface area contributed by atoms with Gasteiger partial charge in [-0.2, -0.15) is 0 Å². The third-order valence-electron chi connectivity index (χ3n) is 1.95. The standard InChI is InChI=1S/C9H14N2O4/c12-8(13)3-4-10-9(14)11-6-7-2-1-5-15-7/h3-4,7H,1-2,5-6H2,(H,12,13)(H2,10,11,14)/b4-3+/t7-/m1/s1. The minimum Gasteiger partial charge on any atom is -0.478 e. The van der Waals surface area contributed by atoms with E-state index in [0.29, 0.717) is 6.54 Å². The second kappa shape index (κ2) is 6.02. The van der Waals surface area contributed by atoms with E-state index in [4.69, 9.17) is 9.84 Å². The predicted molar refractivity (Wildman–Crippen MR) is 52.3 cm³/mol. The van der Waals surface area contributed by atoms with Crippen LogP contribution in [-0.4, -0.2) is 36.4 Å². The summed E-state index contributed by atoms with van der Waals surface area (Å²) >= 11 is 0. The van der Waals surface area contributed by atoms with Crippen LogP contribution >= 0.6 is 0 Å². The summed E-state index contributed by atoms with van der Waals surface area (Å²) in [6, 6.07) is -0.428. The van der Waals surface area contributed by atoms with Crippen molar-refractivity contribution in [3.63, 3.8) is 0 Å². The summed E-state index contributed by atoms with van der Waals surface area (Å²) in [4.78, 5) is 21.1. The summed E-state index contributed by atoms with van der Waals surface area (Å²) in [7, 11) is 0. The summed E-state index contributed by atoms with van der Waals surface area (Å²) in [5.74, 6) is -1.10. The van der Waals surface area contributed by atoms with Crippen molar-refractivity contribution in [3.05, 3.63) is 12.3 Å². The highest BCUT2D eigenvalue weighted by atomic mass is 16.5. The number of hydrogen-bond acceptors (Lipinski definition) is 3. The van der Waals surface area contributed by atoms with Crippen LogP contribution in [0.2, 0.25) is 0 Å². The number of aliphatic carboxylic acids is 1. The maximum absolute atomic E-state index is 11.1. The number of urea groups is 1. The molecule has 0 radical (unpaired) electrons. The van der Waals surface area contributed by atoms with Gasteiger partial charge in [0, 0.05) is 25.4 Å². The van der Waals surface area contributed by atoms with Crippen LogP contribution in [0, 0.1) is 0 Å². The highest BCUT2D eigenvalue weighted by molar-refractivity contribution is 5.81. The molecule has 1 atom stereocenters. The summed E-state index contributed by atoms with van der Waals surface area (Å²) < 4.78 is 5.29. The Morgan fingerprint density at radius 3 is 2.93 bits per heavy atom. The molecule has 0 bridgehead atoms. The molecule has 0 aromatic carbocycles. The zero-order chi connectivity index (χ0) is 11.1. The lowest BCUT2D eigenvalue weighted by molar-refractivity contribution is -0.131. The molecule has 6 heteroatoms. The Labute approximate surface area is 87.3 Å². The Kier molecular flexibility index (Phi) is 4.62. The van der Waals surface area contributed by atoms with Crippen molar-refractivity contribution in [2.75, 3.05) is 13.2 Å². The monoisotopic (exact) mass is 214 g/mol. The molecule has 6 nitrogen and oxygen atoms in total. The lowest BCUT2D eigenvalue weighted by Gasteiger charge is -2.09. The van der Waals surface area contributed by atoms with Gasteiger partial charge in [-0.1, -0.05) is 0 Å². The first kappa shape index (κ1) is 11.5. The molecular formula is C9H14N2O4. The summed E-state index contributed by atoms with van der Waals surface area (Å²) in [6.45, 7) is 1.19. The molecule has 0 aliphatic carbocycles. The molecule has 1 saturated heterocycles. The number of carbonyl (C=O) groups is 2. The molecule has 0 aromatic heterocycles. The van der Waals surface area contributed by atoms with Crippen molar-refractivity contribution in [3.8, 4) is 0 Å². The Balaban J connectivity index is 2.10. The van der Waals surface area contributed by atoms with Crippen molar-refractivity contribution in [2.45, 2.75) is 18.9 Å². The number of nitrogens with one attached hydrogen (secondary N) is 2. The van der Waals surface area contributed by atoms with Gasteiger partial charge in [-0.05, 0) is 12.8 Å². The SMILES string of the molecule is O=C(O)/C=C/NC(=O)NC[C@H]1CCCO1. The van der Waals surface area contributed by atoms with Gasteiger partial charge in [0.05, 0.1) is 6.10 Å². The predicted octanol–water partition coefficient (Wildman–Crippen LogP) is 0.0629. The largest absolute Gasteiger partial charge is 0.478 e. The Hall–Kier alpha value is -1.56. The second-order valence-electron chi connectivity index (χ2n) is 3.16. The molecule has 1 aliphatic rings. The molecule has 2 amide bonds. The van der Waals surface area contributed by atoms with Crippen molar-refractivity contribution in [2.24, 2.45) is 0 Å². The average Bonchev–Trinajstić information content (AvgIpc) is 2.66. The normalized spacial score (nSPS) is 20.4. The smallest absolute Gasteiger partial charge is 0.329 e. The van der Waals surface area contributed by atoms with Crippen LogP contribution in [0.5, 0.6) is 0 Å². The topological polar surface area (TPSA) is 87.7 Å². The van der Waals surface area contributed by atoms with Crippen LogP contribution in [0.25, 0.3) is 0 Å². The van der Waals surface area contributed by atoms with Crippen LogP contribution in [0.1, 0.15) is 12.8 Å². The first-order valence-electron chi connectivity index (χ1n) is 4.74. The van der Waals surface area contributed by atoms with E-state index in [-0.39, 0.29) is 6.10 Å². The highest BCUT2D eigenvalue weighted by Crippen LogP contribution is 2.10. The second-order valence-corrected chi connectivity index (χ2v) is 3.16. The third kappa shape index (κ3) is 5.02. The van der Waals surface area contributed by atoms with Crippen LogP contribution in [0.4, 0.5) is 4.79 Å². The van der Waals surface area contributed by atoms with E-state index in [1.165, 1.54) is 0 Å². The molecule has 0 aromatic rings. The lowest BCUT2D eigenvalue weighted by atomic mass is 10.2. The molecule has 0 spiro atoms. The van der Waals surface area contributed by atoms with Gasteiger partial charge in [0.15, 0.2) is 0 Å². The number of amides is 2. The van der Waals surface area contributed by atoms with Crippen LogP contribution in [0.3, 0.4) is 0 Å². The van der Waals surface area contributed by atoms with E-state index < -0.39 is 12.0 Å². The Bertz CT molecular complexity index is 259. The molecule has 3 N–H and O–H groups in total. The van der Waals surface area contributed by atoms with Crippen LogP contribution in [-0.2, 0) is 9.53 Å². The van der Waals surface area contributed by atoms with Gasteiger partial charge in [0.25, 0.3) is 0 Å². The number of hydrogen-bond donors (Lipinski definition) is 3. The van der Waals surface area contributed by atoms with Gasteiger partial charge in [-0.15, -0.1) is 0 Å². The van der Waals surface area contributed by atoms with E-state index in [1.807, 2.05) is 0 Å². The van der Waals surface area contributed by atoms with Crippen molar-refractivity contribution >= 4 is 12.0 Å². The molecular weight excluding hydrogens is 200 g/mol. The molecule has 15 heavy (non-hydrogen) atoms. The van der Waals surface area contributed by atoms with Gasteiger partial charge in [-0.3, -0.25) is 0 Å². The molecule has 1 heterocycles. The fourth-order valence-electron chi connectivity index (χ4n) is 1.25. The van der Waals surface area contributed by atoms with Gasteiger partial charge >= 0.3 is 12.0 Å². The van der Waals surface area contributed by atoms with Gasteiger partial charge in [-0.25, -0.2) is 9.59 Å². The zero-order valence-corrected chi connectivity index (χ0v) is 8.23. The summed E-state index contributed by atoms with van der Waals surface area (Å²) in [5.41, 5.74) is 0. The maximum atomic E-state index is 11.1. The van der Waals surface area contributed by atoms with Crippen LogP contribution < -0.4 is 10.6 Å². The summed E-state index contributed by atoms with van der Waals surface area (Å²) in [5, 5.41) is 13.1. The maximum Gasteiger partial charge on any atom is 0.329 e. The average molecular weight is 214 g/mol. The van der Waals surface area contributed by atoms with E-state index in [1.54, 1.807) is 0 Å². The quantitative estimate of drug-likeness (QED) is 0.577. The van der Waals surface area contributed by atoms with Crippen molar-refractivity contribution < 1.29 is 19.4 Å². The van der Waals surface area contributed by atoms with E-state index >= 15 is 0 Å². The van der Waals surface area contributed by atoms with Gasteiger partial charge in [0.1, 0.15) is 0 Å². The van der Waals surface area contributed by atoms with Crippen molar-refractivity contribution in [1.29, 1.82) is 0 Å². The minimum absolute atomic E-state index is 0.0826. The molecule has 1 rings (SSSR count). The molecule has 84 valence electrons. The fourth-order valence-corrected chi connectivity index (χ4v) is 1.25. The lowest BCUT2D eigenvalue weighted by Crippen LogP contribution is -2.37. The van der Waals surface area contributed by atoms with Gasteiger partial charge in [0.2, 0.25) is 0 Å². The van der Waals surface area contributed by atoms with E-state index in [2.05, 4.69) is 10.6 Å². The number of rotatable bonds is 4. The summed E-state index contributed by atoms with van der Waals surface area (Å²) in [6.07, 6.45) is 3.98. The first-order chi connectivity index (χ1) is 7.18. The number of ether oxygens (including phenoxy) is 1.